The molecular formula is C14H11NOS. The molecule has 0 atom stereocenters. The number of thioether (sulfide) groups is 1. The standard InChI is InChI=1S/C14H11NOS/c16-14-12-8-4-5-9-13(12)15(10-17-14)11-6-2-1-3-7-11/h1-9H,10H2. The largest absolute Gasteiger partial charge is 0.331 e. The van der Waals surface area contributed by atoms with Crippen LogP contribution < -0.4 is 4.90 Å². The van der Waals surface area contributed by atoms with Gasteiger partial charge < -0.3 is 4.90 Å². The zero-order valence-electron chi connectivity index (χ0n) is 9.17. The second-order valence-corrected chi connectivity index (χ2v) is 4.76. The minimum Gasteiger partial charge on any atom is -0.331 e. The van der Waals surface area contributed by atoms with Gasteiger partial charge in [-0.2, -0.15) is 0 Å². The van der Waals surface area contributed by atoms with Crippen LogP contribution in [0.2, 0.25) is 0 Å². The lowest BCUT2D eigenvalue weighted by Crippen LogP contribution is -2.23. The molecule has 1 heterocycles. The van der Waals surface area contributed by atoms with Crippen LogP contribution in [0.5, 0.6) is 0 Å². The van der Waals surface area contributed by atoms with E-state index in [4.69, 9.17) is 0 Å². The predicted octanol–water partition coefficient (Wildman–Crippen LogP) is 3.67. The minimum absolute atomic E-state index is 0.160. The highest BCUT2D eigenvalue weighted by Gasteiger charge is 2.23. The van der Waals surface area contributed by atoms with Crippen LogP contribution >= 0.6 is 11.8 Å². The SMILES string of the molecule is O=C1SCN(c2ccccc2)c2ccccc21. The Morgan fingerprint density at radius 1 is 0.941 bits per heavy atom. The van der Waals surface area contributed by atoms with Gasteiger partial charge in [0, 0.05) is 5.69 Å². The summed E-state index contributed by atoms with van der Waals surface area (Å²) >= 11 is 1.35. The van der Waals surface area contributed by atoms with Crippen molar-refractivity contribution in [3.8, 4) is 0 Å². The van der Waals surface area contributed by atoms with Crippen LogP contribution in [0.15, 0.2) is 54.6 Å². The molecule has 0 fully saturated rings. The lowest BCUT2D eigenvalue weighted by molar-refractivity contribution is 0.108. The topological polar surface area (TPSA) is 20.3 Å². The molecule has 1 aliphatic heterocycles. The van der Waals surface area contributed by atoms with E-state index in [1.54, 1.807) is 0 Å². The maximum Gasteiger partial charge on any atom is 0.223 e. The average Bonchev–Trinajstić information content (AvgIpc) is 2.41. The summed E-state index contributed by atoms with van der Waals surface area (Å²) < 4.78 is 0. The number of carbonyl (C=O) groups excluding carboxylic acids is 1. The van der Waals surface area contributed by atoms with Gasteiger partial charge >= 0.3 is 0 Å². The average molecular weight is 241 g/mol. The fourth-order valence-electron chi connectivity index (χ4n) is 1.97. The smallest absolute Gasteiger partial charge is 0.223 e. The summed E-state index contributed by atoms with van der Waals surface area (Å²) in [7, 11) is 0. The lowest BCUT2D eigenvalue weighted by atomic mass is 10.1. The van der Waals surface area contributed by atoms with Crippen LogP contribution in [0.1, 0.15) is 10.4 Å². The normalized spacial score (nSPS) is 14.6. The molecule has 0 radical (unpaired) electrons. The third kappa shape index (κ3) is 1.83. The molecule has 0 aliphatic carbocycles. The summed E-state index contributed by atoms with van der Waals surface area (Å²) in [5, 5.41) is 0.160. The fraction of sp³-hybridized carbons (Fsp3) is 0.0714. The van der Waals surface area contributed by atoms with Crippen molar-refractivity contribution in [2.24, 2.45) is 0 Å². The molecule has 0 amide bonds. The Labute approximate surface area is 104 Å². The predicted molar refractivity (Wildman–Crippen MR) is 71.8 cm³/mol. The molecule has 0 N–H and O–H groups in total. The van der Waals surface area contributed by atoms with Gasteiger partial charge in [-0.15, -0.1) is 0 Å². The second-order valence-electron chi connectivity index (χ2n) is 3.84. The highest BCUT2D eigenvalue weighted by Crippen LogP contribution is 2.36. The first-order valence-corrected chi connectivity index (χ1v) is 6.43. The maximum absolute atomic E-state index is 11.8. The fourth-order valence-corrected chi connectivity index (χ4v) is 2.84. The Hall–Kier alpha value is -1.74. The van der Waals surface area contributed by atoms with E-state index in [0.29, 0.717) is 5.88 Å². The first-order chi connectivity index (χ1) is 8.36. The number of fused-ring (bicyclic) bond motifs is 1. The summed E-state index contributed by atoms with van der Waals surface area (Å²) in [6.07, 6.45) is 0. The van der Waals surface area contributed by atoms with Gasteiger partial charge in [-0.05, 0) is 24.3 Å². The van der Waals surface area contributed by atoms with E-state index in [1.165, 1.54) is 11.8 Å². The second kappa shape index (κ2) is 4.26. The molecule has 3 rings (SSSR count). The van der Waals surface area contributed by atoms with Crippen molar-refractivity contribution < 1.29 is 4.79 Å². The van der Waals surface area contributed by atoms with Gasteiger partial charge in [0.2, 0.25) is 5.12 Å². The van der Waals surface area contributed by atoms with Crippen LogP contribution in [0.4, 0.5) is 11.4 Å². The summed E-state index contributed by atoms with van der Waals surface area (Å²) in [6.45, 7) is 0. The van der Waals surface area contributed by atoms with Crippen molar-refractivity contribution in [3.63, 3.8) is 0 Å². The molecule has 2 aromatic carbocycles. The van der Waals surface area contributed by atoms with Crippen LogP contribution in [0, 0.1) is 0 Å². The van der Waals surface area contributed by atoms with Crippen LogP contribution in [-0.2, 0) is 0 Å². The maximum atomic E-state index is 11.8. The van der Waals surface area contributed by atoms with E-state index < -0.39 is 0 Å². The molecule has 17 heavy (non-hydrogen) atoms. The molecule has 0 aromatic heterocycles. The molecule has 2 aromatic rings. The quantitative estimate of drug-likeness (QED) is 0.759. The van der Waals surface area contributed by atoms with Gasteiger partial charge in [-0.1, -0.05) is 42.1 Å². The molecule has 2 nitrogen and oxygen atoms in total. The number of carbonyl (C=O) groups is 1. The van der Waals surface area contributed by atoms with Crippen LogP contribution in [-0.4, -0.2) is 11.0 Å². The van der Waals surface area contributed by atoms with Gasteiger partial charge in [0.1, 0.15) is 0 Å². The summed E-state index contributed by atoms with van der Waals surface area (Å²) in [4.78, 5) is 14.0. The van der Waals surface area contributed by atoms with E-state index in [9.17, 15) is 4.79 Å². The third-order valence-corrected chi connectivity index (χ3v) is 3.68. The van der Waals surface area contributed by atoms with Crippen LogP contribution in [0.25, 0.3) is 0 Å². The number of nitrogens with zero attached hydrogens (tertiary/aromatic N) is 1. The Kier molecular flexibility index (Phi) is 2.61. The molecule has 84 valence electrons. The Balaban J connectivity index is 2.10. The Morgan fingerprint density at radius 3 is 2.47 bits per heavy atom. The lowest BCUT2D eigenvalue weighted by Gasteiger charge is -2.29. The Bertz CT molecular complexity index is 553. The Morgan fingerprint density at radius 2 is 1.65 bits per heavy atom. The molecule has 0 unspecified atom stereocenters. The van der Waals surface area contributed by atoms with Crippen molar-refractivity contribution in [1.29, 1.82) is 0 Å². The zero-order chi connectivity index (χ0) is 11.7. The molecule has 1 aliphatic rings. The number of hydrogen-bond acceptors (Lipinski definition) is 3. The van der Waals surface area contributed by atoms with E-state index in [1.807, 2.05) is 42.5 Å². The van der Waals surface area contributed by atoms with E-state index in [-0.39, 0.29) is 5.12 Å². The van der Waals surface area contributed by atoms with E-state index in [2.05, 4.69) is 17.0 Å². The molecule has 0 spiro atoms. The number of rotatable bonds is 1. The molecule has 0 saturated carbocycles. The highest BCUT2D eigenvalue weighted by molar-refractivity contribution is 8.14. The van der Waals surface area contributed by atoms with E-state index in [0.717, 1.165) is 16.9 Å². The molecule has 3 heteroatoms. The number of hydrogen-bond donors (Lipinski definition) is 0. The molecule has 0 saturated heterocycles. The number of anilines is 2. The van der Waals surface area contributed by atoms with Crippen LogP contribution in [0.3, 0.4) is 0 Å². The summed E-state index contributed by atoms with van der Waals surface area (Å²) in [6, 6.07) is 17.9. The van der Waals surface area contributed by atoms with Gasteiger partial charge in [-0.25, -0.2) is 0 Å². The van der Waals surface area contributed by atoms with Gasteiger partial charge in [-0.3, -0.25) is 4.79 Å². The van der Waals surface area contributed by atoms with Crippen molar-refractivity contribution in [2.45, 2.75) is 0 Å². The van der Waals surface area contributed by atoms with Crippen molar-refractivity contribution in [1.82, 2.24) is 0 Å². The molecular weight excluding hydrogens is 230 g/mol. The summed E-state index contributed by atoms with van der Waals surface area (Å²) in [5.41, 5.74) is 2.93. The number of benzene rings is 2. The van der Waals surface area contributed by atoms with Crippen molar-refractivity contribution in [3.05, 3.63) is 60.2 Å². The third-order valence-electron chi connectivity index (χ3n) is 2.81. The van der Waals surface area contributed by atoms with Gasteiger partial charge in [0.25, 0.3) is 0 Å². The monoisotopic (exact) mass is 241 g/mol. The van der Waals surface area contributed by atoms with Gasteiger partial charge in [0.15, 0.2) is 0 Å². The summed E-state index contributed by atoms with van der Waals surface area (Å²) in [5.74, 6) is 0.680. The first kappa shape index (κ1) is 10.4. The number of para-hydroxylation sites is 2. The van der Waals surface area contributed by atoms with E-state index >= 15 is 0 Å². The zero-order valence-corrected chi connectivity index (χ0v) is 9.98. The van der Waals surface area contributed by atoms with Crippen molar-refractivity contribution in [2.75, 3.05) is 10.8 Å². The first-order valence-electron chi connectivity index (χ1n) is 5.45. The van der Waals surface area contributed by atoms with Crippen molar-refractivity contribution >= 4 is 28.3 Å². The minimum atomic E-state index is 0.160. The van der Waals surface area contributed by atoms with Gasteiger partial charge in [0.05, 0.1) is 17.1 Å². The highest BCUT2D eigenvalue weighted by atomic mass is 32.2. The molecule has 0 bridgehead atoms.